The predicted octanol–water partition coefficient (Wildman–Crippen LogP) is 2.71. The van der Waals surface area contributed by atoms with Crippen molar-refractivity contribution in [2.24, 2.45) is 0 Å². The Kier molecular flexibility index (Phi) is 4.57. The number of nitrogens with zero attached hydrogens (tertiary/aromatic N) is 2. The molecule has 1 N–H and O–H groups in total. The van der Waals surface area contributed by atoms with Crippen LogP contribution in [-0.4, -0.2) is 43.9 Å². The first-order chi connectivity index (χ1) is 11.4. The van der Waals surface area contributed by atoms with Gasteiger partial charge in [-0.15, -0.1) is 0 Å². The van der Waals surface area contributed by atoms with Crippen LogP contribution in [0.3, 0.4) is 0 Å². The second-order valence-electron chi connectivity index (χ2n) is 5.22. The Morgan fingerprint density at radius 2 is 2.08 bits per heavy atom. The molecule has 0 spiro atoms. The Morgan fingerprint density at radius 3 is 2.79 bits per heavy atom. The van der Waals surface area contributed by atoms with Gasteiger partial charge in [0.25, 0.3) is 10.0 Å². The second-order valence-corrected chi connectivity index (χ2v) is 8.27. The van der Waals surface area contributed by atoms with E-state index in [1.807, 2.05) is 18.2 Å². The average Bonchev–Trinajstić information content (AvgIpc) is 3.18. The van der Waals surface area contributed by atoms with Gasteiger partial charge in [0.05, 0.1) is 23.9 Å². The van der Waals surface area contributed by atoms with E-state index in [1.165, 1.54) is 31.9 Å². The molecule has 3 aromatic rings. The molecule has 0 saturated carbocycles. The zero-order valence-corrected chi connectivity index (χ0v) is 15.1. The molecule has 0 saturated heterocycles. The molecule has 0 amide bonds. The Bertz CT molecular complexity index is 960. The lowest BCUT2D eigenvalue weighted by atomic mass is 10.3. The number of imidazole rings is 1. The van der Waals surface area contributed by atoms with E-state index in [2.05, 4.69) is 9.97 Å². The molecule has 24 heavy (non-hydrogen) atoms. The van der Waals surface area contributed by atoms with Gasteiger partial charge in [-0.05, 0) is 24.3 Å². The highest BCUT2D eigenvalue weighted by molar-refractivity contribution is 7.98. The lowest BCUT2D eigenvalue weighted by Crippen LogP contribution is -2.21. The first kappa shape index (κ1) is 16.9. The van der Waals surface area contributed by atoms with E-state index in [9.17, 15) is 8.42 Å². The molecule has 0 radical (unpaired) electrons. The molecular formula is C15H17N3O4S2. The van der Waals surface area contributed by atoms with Crippen LogP contribution in [0, 0.1) is 0 Å². The van der Waals surface area contributed by atoms with Crippen molar-refractivity contribution in [1.82, 2.24) is 14.3 Å². The fourth-order valence-electron chi connectivity index (χ4n) is 2.05. The predicted molar refractivity (Wildman–Crippen MR) is 91.8 cm³/mol. The Hall–Kier alpha value is -1.97. The van der Waals surface area contributed by atoms with Crippen molar-refractivity contribution in [2.75, 3.05) is 21.2 Å². The Morgan fingerprint density at radius 1 is 1.29 bits per heavy atom. The molecule has 0 aliphatic heterocycles. The molecule has 0 atom stereocenters. The number of aromatic nitrogens is 2. The van der Waals surface area contributed by atoms with Crippen molar-refractivity contribution in [2.45, 2.75) is 16.0 Å². The fourth-order valence-corrected chi connectivity index (χ4v) is 3.65. The Labute approximate surface area is 144 Å². The van der Waals surface area contributed by atoms with E-state index in [-0.39, 0.29) is 5.09 Å². The van der Waals surface area contributed by atoms with Gasteiger partial charge in [-0.2, -0.15) is 0 Å². The monoisotopic (exact) mass is 367 g/mol. The number of fused-ring (bicyclic) bond motifs is 1. The number of thioether (sulfide) groups is 1. The summed E-state index contributed by atoms with van der Waals surface area (Å²) in [4.78, 5) is 7.67. The van der Waals surface area contributed by atoms with Gasteiger partial charge in [0, 0.05) is 20.2 Å². The molecule has 0 unspecified atom stereocenters. The zero-order chi connectivity index (χ0) is 17.3. The van der Waals surface area contributed by atoms with Crippen molar-refractivity contribution in [3.63, 3.8) is 0 Å². The summed E-state index contributed by atoms with van der Waals surface area (Å²) in [5, 5.41) is 0.670. The molecule has 0 aliphatic rings. The van der Waals surface area contributed by atoms with E-state index in [0.717, 1.165) is 26.2 Å². The highest BCUT2D eigenvalue weighted by Crippen LogP contribution is 2.27. The first-order valence-corrected chi connectivity index (χ1v) is 9.50. The zero-order valence-electron chi connectivity index (χ0n) is 13.4. The molecule has 2 aromatic heterocycles. The van der Waals surface area contributed by atoms with Gasteiger partial charge in [0.2, 0.25) is 5.09 Å². The number of aromatic amines is 1. The molecule has 128 valence electrons. The van der Waals surface area contributed by atoms with E-state index < -0.39 is 10.0 Å². The number of rotatable bonds is 6. The molecule has 0 aliphatic carbocycles. The van der Waals surface area contributed by atoms with Crippen LogP contribution in [-0.2, 0) is 15.8 Å². The summed E-state index contributed by atoms with van der Waals surface area (Å²) in [6, 6.07) is 8.73. The van der Waals surface area contributed by atoms with E-state index in [0.29, 0.717) is 11.5 Å². The van der Waals surface area contributed by atoms with Gasteiger partial charge in [-0.3, -0.25) is 0 Å². The average molecular weight is 367 g/mol. The highest BCUT2D eigenvalue weighted by atomic mass is 32.2. The summed E-state index contributed by atoms with van der Waals surface area (Å²) in [6.45, 7) is 0. The van der Waals surface area contributed by atoms with Crippen LogP contribution in [0.15, 0.2) is 45.0 Å². The third-order valence-electron chi connectivity index (χ3n) is 3.39. The summed E-state index contributed by atoms with van der Waals surface area (Å²) in [6.07, 6.45) is 0. The number of hydrogen-bond acceptors (Lipinski definition) is 6. The maximum Gasteiger partial charge on any atom is 0.275 e. The normalized spacial score (nSPS) is 12.2. The number of ether oxygens (including phenoxy) is 1. The minimum absolute atomic E-state index is 0.0579. The molecule has 2 heterocycles. The standard InChI is InChI=1S/C15H17N3O4S2/c1-18(2)24(19,20)14-7-5-11(22-14)9-23-15-16-12-6-4-10(21-3)8-13(12)17-15/h4-8H,9H2,1-3H3,(H,16,17). The number of H-pyrrole nitrogens is 1. The van der Waals surface area contributed by atoms with Gasteiger partial charge in [-0.1, -0.05) is 11.8 Å². The van der Waals surface area contributed by atoms with Crippen LogP contribution in [0.4, 0.5) is 0 Å². The molecular weight excluding hydrogens is 350 g/mol. The number of hydrogen-bond donors (Lipinski definition) is 1. The number of methoxy groups -OCH3 is 1. The van der Waals surface area contributed by atoms with E-state index in [1.54, 1.807) is 13.2 Å². The van der Waals surface area contributed by atoms with Crippen LogP contribution in [0.5, 0.6) is 5.75 Å². The van der Waals surface area contributed by atoms with E-state index in [4.69, 9.17) is 9.15 Å². The minimum atomic E-state index is -3.55. The van der Waals surface area contributed by atoms with Gasteiger partial charge in [0.1, 0.15) is 11.5 Å². The number of nitrogens with one attached hydrogen (secondary N) is 1. The van der Waals surface area contributed by atoms with Crippen LogP contribution in [0.2, 0.25) is 0 Å². The number of sulfonamides is 1. The highest BCUT2D eigenvalue weighted by Gasteiger charge is 2.21. The first-order valence-electron chi connectivity index (χ1n) is 7.08. The minimum Gasteiger partial charge on any atom is -0.497 e. The quantitative estimate of drug-likeness (QED) is 0.674. The van der Waals surface area contributed by atoms with Crippen molar-refractivity contribution >= 4 is 32.8 Å². The summed E-state index contributed by atoms with van der Waals surface area (Å²) in [5.74, 6) is 1.80. The van der Waals surface area contributed by atoms with Gasteiger partial charge < -0.3 is 14.1 Å². The van der Waals surface area contributed by atoms with Crippen molar-refractivity contribution in [3.8, 4) is 5.75 Å². The largest absolute Gasteiger partial charge is 0.497 e. The molecule has 9 heteroatoms. The van der Waals surface area contributed by atoms with Gasteiger partial charge >= 0.3 is 0 Å². The summed E-state index contributed by atoms with van der Waals surface area (Å²) < 4.78 is 35.7. The van der Waals surface area contributed by atoms with Gasteiger partial charge in [0.15, 0.2) is 5.16 Å². The lowest BCUT2D eigenvalue weighted by molar-refractivity contribution is 0.408. The maximum atomic E-state index is 12.0. The smallest absolute Gasteiger partial charge is 0.275 e. The van der Waals surface area contributed by atoms with Crippen molar-refractivity contribution in [1.29, 1.82) is 0 Å². The van der Waals surface area contributed by atoms with Crippen LogP contribution < -0.4 is 4.74 Å². The van der Waals surface area contributed by atoms with Crippen molar-refractivity contribution < 1.29 is 17.6 Å². The summed E-state index contributed by atoms with van der Waals surface area (Å²) in [5.41, 5.74) is 1.72. The third-order valence-corrected chi connectivity index (χ3v) is 5.98. The van der Waals surface area contributed by atoms with E-state index >= 15 is 0 Å². The molecule has 0 bridgehead atoms. The van der Waals surface area contributed by atoms with Crippen LogP contribution in [0.1, 0.15) is 5.76 Å². The molecule has 7 nitrogen and oxygen atoms in total. The molecule has 1 aromatic carbocycles. The third kappa shape index (κ3) is 3.28. The van der Waals surface area contributed by atoms with Gasteiger partial charge in [-0.25, -0.2) is 17.7 Å². The van der Waals surface area contributed by atoms with Crippen LogP contribution >= 0.6 is 11.8 Å². The topological polar surface area (TPSA) is 88.4 Å². The Balaban J connectivity index is 1.73. The fraction of sp³-hybridized carbons (Fsp3) is 0.267. The SMILES string of the molecule is COc1ccc2nc(SCc3ccc(S(=O)(=O)N(C)C)o3)[nH]c2c1. The number of benzene rings is 1. The molecule has 3 rings (SSSR count). The van der Waals surface area contributed by atoms with Crippen molar-refractivity contribution in [3.05, 3.63) is 36.1 Å². The summed E-state index contributed by atoms with van der Waals surface area (Å²) >= 11 is 1.44. The van der Waals surface area contributed by atoms with Crippen LogP contribution in [0.25, 0.3) is 11.0 Å². The lowest BCUT2D eigenvalue weighted by Gasteiger charge is -2.07. The second kappa shape index (κ2) is 6.50. The summed E-state index contributed by atoms with van der Waals surface area (Å²) in [7, 11) is 1.00. The molecule has 0 fully saturated rings. The number of furan rings is 1. The maximum absolute atomic E-state index is 12.0.